The number of amides is 4. The van der Waals surface area contributed by atoms with Crippen LogP contribution in [0.2, 0.25) is 0 Å². The number of carbonyl (C=O) groups excluding carboxylic acids is 3. The second kappa shape index (κ2) is 13.1. The summed E-state index contributed by atoms with van der Waals surface area (Å²) in [6.45, 7) is 9.39. The molecule has 0 aliphatic carbocycles. The largest absolute Gasteiger partial charge is 0.469 e. The second-order valence-corrected chi connectivity index (χ2v) is 10.8. The van der Waals surface area contributed by atoms with Crippen molar-refractivity contribution in [3.8, 4) is 5.75 Å². The van der Waals surface area contributed by atoms with Gasteiger partial charge in [0.2, 0.25) is 5.91 Å². The van der Waals surface area contributed by atoms with Gasteiger partial charge in [0.15, 0.2) is 6.23 Å². The van der Waals surface area contributed by atoms with Crippen LogP contribution in [-0.2, 0) is 4.79 Å². The molecule has 2 atom stereocenters. The number of hydrogen-bond acceptors (Lipinski definition) is 5. The number of hydrogen-bond donors (Lipinski definition) is 1. The average Bonchev–Trinajstić information content (AvgIpc) is 2.92. The summed E-state index contributed by atoms with van der Waals surface area (Å²) in [5.74, 6) is 0.217. The topological polar surface area (TPSA) is 82.2 Å². The summed E-state index contributed by atoms with van der Waals surface area (Å²) in [6, 6.07) is 14.3. The first-order valence-corrected chi connectivity index (χ1v) is 14.0. The van der Waals surface area contributed by atoms with Crippen LogP contribution in [0.3, 0.4) is 0 Å². The van der Waals surface area contributed by atoms with Gasteiger partial charge in [-0.25, -0.2) is 9.69 Å². The Kier molecular flexibility index (Phi) is 10.1. The summed E-state index contributed by atoms with van der Waals surface area (Å²) >= 11 is 0. The highest BCUT2D eigenvalue weighted by atomic mass is 16.5. The third-order valence-corrected chi connectivity index (χ3v) is 7.77. The molecule has 1 aliphatic rings. The van der Waals surface area contributed by atoms with Gasteiger partial charge in [-0.15, -0.1) is 0 Å². The van der Waals surface area contributed by atoms with Gasteiger partial charge in [-0.05, 0) is 70.1 Å². The van der Waals surface area contributed by atoms with Crippen LogP contribution in [0.4, 0.5) is 4.79 Å². The fraction of sp³-hybridized carbons (Fsp3) is 0.516. The zero-order chi connectivity index (χ0) is 28.7. The van der Waals surface area contributed by atoms with Crippen LogP contribution in [-0.4, -0.2) is 73.0 Å². The predicted molar refractivity (Wildman–Crippen MR) is 154 cm³/mol. The van der Waals surface area contributed by atoms with E-state index in [9.17, 15) is 14.4 Å². The standard InChI is InChI=1S/C31H44N4O4/c1-8-11-26(23-14-12-22(4)13-15-23)32-30(38)35-28(37)31(9-2,10-3)29(35)39-25-18-16-24(17-19-25)27(36)34(7)21-20-33(5)6/h12-19,26,29H,8-11,20-21H2,1-7H3,(H,32,38)/t26-,29-/m0/s1. The molecule has 0 unspecified atom stereocenters. The van der Waals surface area contributed by atoms with Crippen molar-refractivity contribution in [2.45, 2.75) is 65.6 Å². The van der Waals surface area contributed by atoms with Gasteiger partial charge in [-0.2, -0.15) is 0 Å². The normalized spacial score (nSPS) is 17.0. The van der Waals surface area contributed by atoms with Crippen LogP contribution in [0.1, 0.15) is 74.0 Å². The van der Waals surface area contributed by atoms with Crippen molar-refractivity contribution in [1.29, 1.82) is 0 Å². The molecule has 8 heteroatoms. The van der Waals surface area contributed by atoms with Crippen molar-refractivity contribution in [1.82, 2.24) is 20.0 Å². The van der Waals surface area contributed by atoms with Gasteiger partial charge >= 0.3 is 6.03 Å². The maximum absolute atomic E-state index is 13.5. The monoisotopic (exact) mass is 536 g/mol. The molecule has 1 N–H and O–H groups in total. The molecule has 0 bridgehead atoms. The molecule has 2 aromatic carbocycles. The van der Waals surface area contributed by atoms with Crippen LogP contribution in [0.15, 0.2) is 48.5 Å². The van der Waals surface area contributed by atoms with E-state index >= 15 is 0 Å². The smallest absolute Gasteiger partial charge is 0.327 e. The lowest BCUT2D eigenvalue weighted by Crippen LogP contribution is -2.73. The van der Waals surface area contributed by atoms with Crippen molar-refractivity contribution in [3.05, 3.63) is 65.2 Å². The third-order valence-electron chi connectivity index (χ3n) is 7.77. The van der Waals surface area contributed by atoms with E-state index in [1.54, 1.807) is 36.2 Å². The third kappa shape index (κ3) is 6.61. The highest BCUT2D eigenvalue weighted by molar-refractivity contribution is 6.03. The van der Waals surface area contributed by atoms with Crippen LogP contribution < -0.4 is 10.1 Å². The molecule has 0 spiro atoms. The van der Waals surface area contributed by atoms with Crippen molar-refractivity contribution in [2.24, 2.45) is 5.41 Å². The summed E-state index contributed by atoms with van der Waals surface area (Å²) in [5, 5.41) is 3.08. The van der Waals surface area contributed by atoms with Gasteiger partial charge in [0.25, 0.3) is 5.91 Å². The molecular formula is C31H44N4O4. The molecule has 1 saturated heterocycles. The van der Waals surface area contributed by atoms with Crippen molar-refractivity contribution < 1.29 is 19.1 Å². The van der Waals surface area contributed by atoms with Crippen LogP contribution in [0.5, 0.6) is 5.75 Å². The number of urea groups is 1. The van der Waals surface area contributed by atoms with Crippen molar-refractivity contribution in [2.75, 3.05) is 34.2 Å². The fourth-order valence-electron chi connectivity index (χ4n) is 5.00. The molecule has 2 aromatic rings. The Bertz CT molecular complexity index is 1130. The number of nitrogens with one attached hydrogen (secondary N) is 1. The van der Waals surface area contributed by atoms with E-state index in [4.69, 9.17) is 4.74 Å². The molecule has 3 rings (SSSR count). The Hall–Kier alpha value is -3.39. The number of benzene rings is 2. The minimum absolute atomic E-state index is 0.0715. The molecule has 0 saturated carbocycles. The number of ether oxygens (including phenoxy) is 1. The summed E-state index contributed by atoms with van der Waals surface area (Å²) in [4.78, 5) is 44.6. The summed E-state index contributed by atoms with van der Waals surface area (Å²) in [6.07, 6.45) is 2.02. The molecule has 1 heterocycles. The van der Waals surface area contributed by atoms with Crippen molar-refractivity contribution >= 4 is 17.8 Å². The van der Waals surface area contributed by atoms with Gasteiger partial charge in [0.05, 0.1) is 6.04 Å². The van der Waals surface area contributed by atoms with E-state index in [1.165, 1.54) is 4.90 Å². The van der Waals surface area contributed by atoms with E-state index in [1.807, 2.05) is 64.0 Å². The number of likely N-dealkylation sites (N-methyl/N-ethyl adjacent to an activating group) is 2. The zero-order valence-electron chi connectivity index (χ0n) is 24.5. The first-order chi connectivity index (χ1) is 18.6. The lowest BCUT2D eigenvalue weighted by molar-refractivity contribution is -0.191. The van der Waals surface area contributed by atoms with E-state index in [0.717, 1.165) is 30.5 Å². The minimum Gasteiger partial charge on any atom is -0.469 e. The number of aryl methyl sites for hydroxylation is 1. The van der Waals surface area contributed by atoms with Crippen LogP contribution >= 0.6 is 0 Å². The number of likely N-dealkylation sites (tertiary alicyclic amines) is 1. The SMILES string of the molecule is CCC[C@H](NC(=O)N1C(=O)C(CC)(CC)[C@@H]1Oc1ccc(C(=O)N(C)CCN(C)C)cc1)c1ccc(C)cc1. The lowest BCUT2D eigenvalue weighted by Gasteiger charge is -2.53. The first kappa shape index (κ1) is 30.2. The maximum Gasteiger partial charge on any atom is 0.327 e. The van der Waals surface area contributed by atoms with E-state index in [2.05, 4.69) is 12.2 Å². The Morgan fingerprint density at radius 2 is 1.59 bits per heavy atom. The first-order valence-electron chi connectivity index (χ1n) is 14.0. The van der Waals surface area contributed by atoms with Crippen LogP contribution in [0, 0.1) is 12.3 Å². The van der Waals surface area contributed by atoms with E-state index in [-0.39, 0.29) is 17.9 Å². The van der Waals surface area contributed by atoms with Gasteiger partial charge in [-0.3, -0.25) is 9.59 Å². The average molecular weight is 537 g/mol. The van der Waals surface area contributed by atoms with Crippen molar-refractivity contribution in [3.63, 3.8) is 0 Å². The molecule has 4 amide bonds. The molecular weight excluding hydrogens is 492 g/mol. The molecule has 212 valence electrons. The number of rotatable bonds is 12. The Morgan fingerprint density at radius 3 is 2.13 bits per heavy atom. The van der Waals surface area contributed by atoms with Gasteiger partial charge < -0.3 is 19.9 Å². The van der Waals surface area contributed by atoms with E-state index < -0.39 is 17.7 Å². The summed E-state index contributed by atoms with van der Waals surface area (Å²) in [7, 11) is 5.72. The Balaban J connectivity index is 1.77. The molecule has 1 aliphatic heterocycles. The molecule has 0 radical (unpaired) electrons. The number of carbonyl (C=O) groups is 3. The van der Waals surface area contributed by atoms with Gasteiger partial charge in [0.1, 0.15) is 11.2 Å². The molecule has 39 heavy (non-hydrogen) atoms. The van der Waals surface area contributed by atoms with Crippen LogP contribution in [0.25, 0.3) is 0 Å². The molecule has 1 fully saturated rings. The lowest BCUT2D eigenvalue weighted by atomic mass is 9.72. The highest BCUT2D eigenvalue weighted by Crippen LogP contribution is 2.46. The maximum atomic E-state index is 13.5. The summed E-state index contributed by atoms with van der Waals surface area (Å²) in [5.41, 5.74) is 1.94. The number of nitrogens with zero attached hydrogens (tertiary/aromatic N) is 3. The number of β-lactam (4-membered cyclic amide) rings is 1. The zero-order valence-corrected chi connectivity index (χ0v) is 24.5. The van der Waals surface area contributed by atoms with Gasteiger partial charge in [-0.1, -0.05) is 57.0 Å². The minimum atomic E-state index is -0.775. The fourth-order valence-corrected chi connectivity index (χ4v) is 5.00. The predicted octanol–water partition coefficient (Wildman–Crippen LogP) is 5.23. The van der Waals surface area contributed by atoms with Gasteiger partial charge in [0, 0.05) is 25.7 Å². The molecule has 8 nitrogen and oxygen atoms in total. The highest BCUT2D eigenvalue weighted by Gasteiger charge is 2.63. The van der Waals surface area contributed by atoms with E-state index in [0.29, 0.717) is 30.7 Å². The second-order valence-electron chi connectivity index (χ2n) is 10.8. The Labute approximate surface area is 233 Å². The summed E-state index contributed by atoms with van der Waals surface area (Å²) < 4.78 is 6.30. The molecule has 0 aromatic heterocycles. The number of imide groups is 1. The Morgan fingerprint density at radius 1 is 0.974 bits per heavy atom. The quantitative estimate of drug-likeness (QED) is 0.376.